The summed E-state index contributed by atoms with van der Waals surface area (Å²) in [6.07, 6.45) is 0. The summed E-state index contributed by atoms with van der Waals surface area (Å²) in [5, 5.41) is 0. The van der Waals surface area contributed by atoms with Crippen molar-refractivity contribution in [3.05, 3.63) is 0 Å². The summed E-state index contributed by atoms with van der Waals surface area (Å²) in [5.74, 6) is 0. The minimum absolute atomic E-state index is 0. The fraction of sp³-hybridized carbons (Fsp3) is 1.00. The van der Waals surface area contributed by atoms with Crippen LogP contribution in [0.2, 0.25) is 0 Å². The number of rotatable bonds is 4. The van der Waals surface area contributed by atoms with Gasteiger partial charge in [-0.15, -0.1) is 24.8 Å². The first kappa shape index (κ1) is 24.7. The van der Waals surface area contributed by atoms with Crippen LogP contribution in [0.1, 0.15) is 0 Å². The largest absolute Gasteiger partial charge is 0.272 e. The molecule has 0 bridgehead atoms. The van der Waals surface area contributed by atoms with Crippen LogP contribution in [0.5, 0.6) is 0 Å². The van der Waals surface area contributed by atoms with Gasteiger partial charge in [-0.2, -0.15) is 0 Å². The van der Waals surface area contributed by atoms with E-state index in [0.29, 0.717) is 17.8 Å². The lowest BCUT2D eigenvalue weighted by Crippen LogP contribution is -1.92. The molecule has 0 heterocycles. The first-order valence-electron chi connectivity index (χ1n) is 3.13. The van der Waals surface area contributed by atoms with Gasteiger partial charge < -0.3 is 0 Å². The zero-order valence-corrected chi connectivity index (χ0v) is 14.2. The number of hydrogen-bond acceptors (Lipinski definition) is 4. The molecule has 0 aliphatic carbocycles. The van der Waals surface area contributed by atoms with E-state index in [2.05, 4.69) is 27.1 Å². The van der Waals surface area contributed by atoms with Crippen LogP contribution in [0, 0.1) is 0 Å². The lowest BCUT2D eigenvalue weighted by Gasteiger charge is -1.99. The smallest absolute Gasteiger partial charge is 0.0785 e. The van der Waals surface area contributed by atoms with Gasteiger partial charge in [0.1, 0.15) is 0 Å². The first-order chi connectivity index (χ1) is 5.54. The summed E-state index contributed by atoms with van der Waals surface area (Å²) in [4.78, 5) is 0. The van der Waals surface area contributed by atoms with Gasteiger partial charge in [0.05, 0.1) is 17.8 Å². The highest BCUT2D eigenvalue weighted by atomic mass is 35.5. The van der Waals surface area contributed by atoms with E-state index >= 15 is 0 Å². The second-order valence-electron chi connectivity index (χ2n) is 2.21. The van der Waals surface area contributed by atoms with Crippen molar-refractivity contribution in [1.29, 1.82) is 0 Å². The molecule has 4 nitrogen and oxygen atoms in total. The van der Waals surface area contributed by atoms with E-state index in [4.69, 9.17) is 0 Å². The van der Waals surface area contributed by atoms with Crippen LogP contribution < -0.4 is 0 Å². The lowest BCUT2D eigenvalue weighted by molar-refractivity contribution is 0.692. The third kappa shape index (κ3) is 37.4. The van der Waals surface area contributed by atoms with E-state index in [1.54, 1.807) is 0 Å². The monoisotopic (exact) mass is 316 g/mol. The minimum atomic E-state index is 0. The Labute approximate surface area is 107 Å². The molecule has 0 aromatic carbocycles. The van der Waals surface area contributed by atoms with Crippen molar-refractivity contribution in [3.8, 4) is 0 Å². The van der Waals surface area contributed by atoms with Crippen LogP contribution in [0.3, 0.4) is 0 Å². The van der Waals surface area contributed by atoms with Gasteiger partial charge in [-0.25, -0.2) is 9.03 Å². The minimum Gasteiger partial charge on any atom is -0.272 e. The first-order valence-corrected chi connectivity index (χ1v) is 5.81. The molecule has 0 N–H and O–H groups in total. The van der Waals surface area contributed by atoms with Crippen molar-refractivity contribution < 1.29 is 0 Å². The number of halogens is 2. The fourth-order valence-electron chi connectivity index (χ4n) is 0.200. The molecule has 2 atom stereocenters. The maximum atomic E-state index is 3.69. The van der Waals surface area contributed by atoms with Gasteiger partial charge in [0.25, 0.3) is 0 Å². The Morgan fingerprint density at radius 2 is 1.00 bits per heavy atom. The molecule has 0 amide bonds. The Morgan fingerprint density at radius 1 is 0.786 bits per heavy atom. The highest BCUT2D eigenvalue weighted by Gasteiger charge is 1.77. The van der Waals surface area contributed by atoms with Gasteiger partial charge in [-0.05, 0) is 46.3 Å². The fourth-order valence-corrected chi connectivity index (χ4v) is 1.80. The van der Waals surface area contributed by atoms with Gasteiger partial charge >= 0.3 is 0 Å². The molecule has 0 aromatic rings. The molecule has 0 aromatic heterocycles. The molecule has 14 heavy (non-hydrogen) atoms. The van der Waals surface area contributed by atoms with Crippen LogP contribution >= 0.6 is 60.6 Å². The number of hydrogen-bond donors (Lipinski definition) is 0. The Hall–Kier alpha value is 1.56. The van der Waals surface area contributed by atoms with Crippen LogP contribution in [0.25, 0.3) is 0 Å². The van der Waals surface area contributed by atoms with Crippen LogP contribution in [-0.2, 0) is 0 Å². The molecule has 10 heteroatoms. The van der Waals surface area contributed by atoms with Crippen molar-refractivity contribution in [2.45, 2.75) is 0 Å². The average molecular weight is 317 g/mol. The molecule has 0 radical (unpaired) electrons. The number of nitrogens with zero attached hydrogens (tertiary/aromatic N) is 4. The van der Waals surface area contributed by atoms with Gasteiger partial charge in [-0.3, -0.25) is 9.34 Å². The van der Waals surface area contributed by atoms with Crippen molar-refractivity contribution in [1.82, 2.24) is 9.34 Å². The molecule has 88 valence electrons. The van der Waals surface area contributed by atoms with Gasteiger partial charge in [-0.1, -0.05) is 0 Å². The quantitative estimate of drug-likeness (QED) is 0.742. The normalized spacial score (nSPS) is 9.57. The van der Waals surface area contributed by atoms with E-state index < -0.39 is 0 Å². The molecular weight excluding hydrogens is 299 g/mol. The van der Waals surface area contributed by atoms with Crippen molar-refractivity contribution >= 4 is 60.6 Å². The summed E-state index contributed by atoms with van der Waals surface area (Å²) in [6.45, 7) is 0. The zero-order chi connectivity index (χ0) is 9.98. The van der Waals surface area contributed by atoms with Gasteiger partial charge in [0, 0.05) is 0 Å². The average Bonchev–Trinajstić information content (AvgIpc) is 1.87. The molecular formula is C4H18Cl2N4P4. The topological polar surface area (TPSA) is 31.2 Å². The van der Waals surface area contributed by atoms with E-state index in [1.807, 2.05) is 37.5 Å². The predicted molar refractivity (Wildman–Crippen MR) is 80.0 cm³/mol. The molecule has 0 rings (SSSR count). The summed E-state index contributed by atoms with van der Waals surface area (Å²) in [7, 11) is 15.0. The van der Waals surface area contributed by atoms with E-state index in [1.165, 1.54) is 0 Å². The Morgan fingerprint density at radius 3 is 1.00 bits per heavy atom. The van der Waals surface area contributed by atoms with Gasteiger partial charge in [0.15, 0.2) is 0 Å². The van der Waals surface area contributed by atoms with Crippen LogP contribution in [0.15, 0.2) is 9.03 Å². The second kappa shape index (κ2) is 20.0. The lowest BCUT2D eigenvalue weighted by atomic mass is 11.3. The van der Waals surface area contributed by atoms with Crippen molar-refractivity contribution in [2.24, 2.45) is 9.03 Å². The molecule has 2 unspecified atom stereocenters. The second-order valence-corrected chi connectivity index (χ2v) is 6.19. The van der Waals surface area contributed by atoms with Crippen molar-refractivity contribution in [3.63, 3.8) is 0 Å². The zero-order valence-electron chi connectivity index (χ0n) is 8.61. The maximum absolute atomic E-state index is 3.69. The molecule has 0 spiro atoms. The Balaban J connectivity index is -0.0000000625. The highest BCUT2D eigenvalue weighted by molar-refractivity contribution is 7.38. The van der Waals surface area contributed by atoms with Crippen LogP contribution in [-0.4, -0.2) is 37.5 Å². The summed E-state index contributed by atoms with van der Waals surface area (Å²) in [5.41, 5.74) is 0. The van der Waals surface area contributed by atoms with E-state index in [-0.39, 0.29) is 24.8 Å². The summed E-state index contributed by atoms with van der Waals surface area (Å²) >= 11 is 0. The maximum Gasteiger partial charge on any atom is 0.0785 e. The summed E-state index contributed by atoms with van der Waals surface area (Å²) in [6, 6.07) is 0. The molecule has 0 fully saturated rings. The molecule has 0 saturated heterocycles. The van der Waals surface area contributed by atoms with Crippen molar-refractivity contribution in [2.75, 3.05) is 28.2 Å². The predicted octanol–water partition coefficient (Wildman–Crippen LogP) is 3.61. The SMILES string of the molecule is CN(C)PN=P.CN(C)PN=P.Cl.Cl. The standard InChI is InChI=1S/2C2H8N2P2.2ClH/c2*1-4(2)6-3-5;;/h2*5-6H,1-2H3;2*1H. The third-order valence-electron chi connectivity index (χ3n) is 0.500. The Kier molecular flexibility index (Phi) is 35.3. The third-order valence-corrected chi connectivity index (χ3v) is 2.10. The molecule has 0 aliphatic heterocycles. The van der Waals surface area contributed by atoms with Crippen LogP contribution in [0.4, 0.5) is 0 Å². The summed E-state index contributed by atoms with van der Waals surface area (Å²) < 4.78 is 11.4. The van der Waals surface area contributed by atoms with E-state index in [0.717, 1.165) is 0 Å². The Bertz CT molecular complexity index is 112. The molecule has 0 saturated carbocycles. The van der Waals surface area contributed by atoms with E-state index in [9.17, 15) is 0 Å². The van der Waals surface area contributed by atoms with Gasteiger partial charge in [0.2, 0.25) is 0 Å². The highest BCUT2D eigenvalue weighted by Crippen LogP contribution is 2.14. The molecule has 0 aliphatic rings.